The lowest BCUT2D eigenvalue weighted by Crippen LogP contribution is -2.35. The SMILES string of the molecule is COc1ccc(OC)c2sc(N(Cc3ccccn3)C(=O)c3ccc(S(=O)(=O)N4CCCCC4)cc3)nc12. The van der Waals surface area contributed by atoms with Crippen LogP contribution >= 0.6 is 11.3 Å². The van der Waals surface area contributed by atoms with Crippen molar-refractivity contribution in [3.8, 4) is 11.5 Å². The first kappa shape index (κ1) is 26.1. The Morgan fingerprint density at radius 2 is 1.68 bits per heavy atom. The number of benzene rings is 2. The maximum Gasteiger partial charge on any atom is 0.260 e. The molecular weight excluding hydrogens is 524 g/mol. The van der Waals surface area contributed by atoms with Gasteiger partial charge < -0.3 is 9.47 Å². The van der Waals surface area contributed by atoms with E-state index in [1.165, 1.54) is 27.8 Å². The molecule has 0 N–H and O–H groups in total. The first-order chi connectivity index (χ1) is 18.4. The smallest absolute Gasteiger partial charge is 0.260 e. The Balaban J connectivity index is 1.51. The fourth-order valence-electron chi connectivity index (χ4n) is 4.45. The second kappa shape index (κ2) is 11.1. The molecule has 198 valence electrons. The van der Waals surface area contributed by atoms with Gasteiger partial charge >= 0.3 is 0 Å². The maximum atomic E-state index is 13.8. The number of hydrogen-bond acceptors (Lipinski definition) is 8. The van der Waals surface area contributed by atoms with Gasteiger partial charge in [-0.15, -0.1) is 0 Å². The Labute approximate surface area is 225 Å². The molecule has 0 atom stereocenters. The van der Waals surface area contributed by atoms with Gasteiger partial charge in [-0.05, 0) is 61.4 Å². The molecule has 0 saturated carbocycles. The fourth-order valence-corrected chi connectivity index (χ4v) is 7.04. The number of hydrogen-bond donors (Lipinski definition) is 0. The molecule has 9 nitrogen and oxygen atoms in total. The van der Waals surface area contributed by atoms with Gasteiger partial charge in [0.05, 0.1) is 31.4 Å². The van der Waals surface area contributed by atoms with E-state index in [0.717, 1.165) is 24.0 Å². The number of carbonyl (C=O) groups is 1. The molecule has 1 aliphatic rings. The van der Waals surface area contributed by atoms with E-state index in [1.807, 2.05) is 18.2 Å². The topological polar surface area (TPSA) is 102 Å². The van der Waals surface area contributed by atoms with Crippen LogP contribution in [0.1, 0.15) is 35.3 Å². The average Bonchev–Trinajstić information content (AvgIpc) is 3.41. The number of rotatable bonds is 8. The second-order valence-corrected chi connectivity index (χ2v) is 11.8. The Morgan fingerprint density at radius 1 is 0.974 bits per heavy atom. The van der Waals surface area contributed by atoms with Crippen molar-refractivity contribution in [3.05, 3.63) is 72.1 Å². The number of pyridine rings is 1. The summed E-state index contributed by atoms with van der Waals surface area (Å²) in [7, 11) is -0.451. The van der Waals surface area contributed by atoms with Crippen molar-refractivity contribution in [2.75, 3.05) is 32.2 Å². The zero-order chi connectivity index (χ0) is 26.7. The van der Waals surface area contributed by atoms with Gasteiger partial charge in [0.15, 0.2) is 5.13 Å². The molecule has 0 radical (unpaired) electrons. The lowest BCUT2D eigenvalue weighted by atomic mass is 10.2. The third-order valence-corrected chi connectivity index (χ3v) is 9.48. The minimum absolute atomic E-state index is 0.179. The van der Waals surface area contributed by atoms with Crippen LogP contribution in [0.5, 0.6) is 11.5 Å². The van der Waals surface area contributed by atoms with Crippen LogP contribution in [-0.4, -0.2) is 55.9 Å². The Kier molecular flexibility index (Phi) is 7.59. The standard InChI is InChI=1S/C27H28N4O5S2/c1-35-22-13-14-23(36-2)25-24(22)29-27(37-25)31(18-20-8-4-5-15-28-20)26(32)19-9-11-21(12-10-19)38(33,34)30-16-6-3-7-17-30/h4-5,8-15H,3,6-7,16-18H2,1-2H3. The van der Waals surface area contributed by atoms with E-state index in [2.05, 4.69) is 4.98 Å². The van der Waals surface area contributed by atoms with Gasteiger partial charge in [-0.25, -0.2) is 13.4 Å². The van der Waals surface area contributed by atoms with Crippen LogP contribution in [0.3, 0.4) is 0 Å². The molecule has 5 rings (SSSR count). The van der Waals surface area contributed by atoms with E-state index in [4.69, 9.17) is 14.5 Å². The first-order valence-electron chi connectivity index (χ1n) is 12.3. The molecule has 1 saturated heterocycles. The Bertz CT molecular complexity index is 1490. The largest absolute Gasteiger partial charge is 0.495 e. The number of sulfonamides is 1. The average molecular weight is 553 g/mol. The molecule has 11 heteroatoms. The third-order valence-electron chi connectivity index (χ3n) is 6.48. The van der Waals surface area contributed by atoms with E-state index in [-0.39, 0.29) is 17.3 Å². The van der Waals surface area contributed by atoms with Gasteiger partial charge in [0.25, 0.3) is 5.91 Å². The molecule has 2 aromatic carbocycles. The summed E-state index contributed by atoms with van der Waals surface area (Å²) in [4.78, 5) is 24.7. The summed E-state index contributed by atoms with van der Waals surface area (Å²) >= 11 is 1.31. The van der Waals surface area contributed by atoms with E-state index in [0.29, 0.717) is 46.5 Å². The van der Waals surface area contributed by atoms with E-state index in [1.54, 1.807) is 49.6 Å². The summed E-state index contributed by atoms with van der Waals surface area (Å²) in [5, 5.41) is 0.448. The molecule has 0 spiro atoms. The number of fused-ring (bicyclic) bond motifs is 1. The number of nitrogens with zero attached hydrogens (tertiary/aromatic N) is 4. The molecular formula is C27H28N4O5S2. The van der Waals surface area contributed by atoms with Crippen molar-refractivity contribution in [1.29, 1.82) is 0 Å². The number of amides is 1. The third kappa shape index (κ3) is 5.09. The number of anilines is 1. The molecule has 2 aromatic heterocycles. The number of ether oxygens (including phenoxy) is 2. The lowest BCUT2D eigenvalue weighted by molar-refractivity contribution is 0.0984. The molecule has 0 bridgehead atoms. The van der Waals surface area contributed by atoms with Crippen LogP contribution in [0.15, 0.2) is 65.7 Å². The summed E-state index contributed by atoms with van der Waals surface area (Å²) in [5.74, 6) is 0.873. The Morgan fingerprint density at radius 3 is 2.34 bits per heavy atom. The quantitative estimate of drug-likeness (QED) is 0.311. The van der Waals surface area contributed by atoms with Gasteiger partial charge in [-0.2, -0.15) is 4.31 Å². The predicted molar refractivity (Wildman–Crippen MR) is 147 cm³/mol. The van der Waals surface area contributed by atoms with Gasteiger partial charge in [0.1, 0.15) is 21.7 Å². The fraction of sp³-hybridized carbons (Fsp3) is 0.296. The van der Waals surface area contributed by atoms with Crippen LogP contribution in [0.25, 0.3) is 10.2 Å². The number of piperidine rings is 1. The summed E-state index contributed by atoms with van der Waals surface area (Å²) in [5.41, 5.74) is 1.62. The molecule has 4 aromatic rings. The van der Waals surface area contributed by atoms with Crippen LogP contribution in [0, 0.1) is 0 Å². The van der Waals surface area contributed by atoms with Crippen molar-refractivity contribution in [3.63, 3.8) is 0 Å². The normalized spacial score (nSPS) is 14.4. The van der Waals surface area contributed by atoms with Gasteiger partial charge in [0.2, 0.25) is 10.0 Å². The highest BCUT2D eigenvalue weighted by atomic mass is 32.2. The highest BCUT2D eigenvalue weighted by Gasteiger charge is 2.28. The zero-order valence-corrected chi connectivity index (χ0v) is 22.8. The number of carbonyl (C=O) groups excluding carboxylic acids is 1. The van der Waals surface area contributed by atoms with Gasteiger partial charge in [-0.3, -0.25) is 14.7 Å². The number of aromatic nitrogens is 2. The summed E-state index contributed by atoms with van der Waals surface area (Å²) in [6.45, 7) is 1.22. The monoisotopic (exact) mass is 552 g/mol. The van der Waals surface area contributed by atoms with Crippen molar-refractivity contribution < 1.29 is 22.7 Å². The van der Waals surface area contributed by atoms with Crippen molar-refractivity contribution in [1.82, 2.24) is 14.3 Å². The van der Waals surface area contributed by atoms with E-state index < -0.39 is 10.0 Å². The van der Waals surface area contributed by atoms with Crippen LogP contribution in [0.2, 0.25) is 0 Å². The van der Waals surface area contributed by atoms with Crippen LogP contribution in [0.4, 0.5) is 5.13 Å². The lowest BCUT2D eigenvalue weighted by Gasteiger charge is -2.26. The summed E-state index contributed by atoms with van der Waals surface area (Å²) < 4.78 is 39.4. The molecule has 38 heavy (non-hydrogen) atoms. The highest BCUT2D eigenvalue weighted by molar-refractivity contribution is 7.89. The van der Waals surface area contributed by atoms with Crippen LogP contribution < -0.4 is 14.4 Å². The highest BCUT2D eigenvalue weighted by Crippen LogP contribution is 2.40. The van der Waals surface area contributed by atoms with E-state index in [9.17, 15) is 13.2 Å². The summed E-state index contributed by atoms with van der Waals surface area (Å²) in [6, 6.07) is 15.2. The predicted octanol–water partition coefficient (Wildman–Crippen LogP) is 4.73. The molecule has 0 unspecified atom stereocenters. The van der Waals surface area contributed by atoms with E-state index >= 15 is 0 Å². The zero-order valence-electron chi connectivity index (χ0n) is 21.2. The molecule has 0 aliphatic carbocycles. The van der Waals surface area contributed by atoms with Crippen molar-refractivity contribution in [2.45, 2.75) is 30.7 Å². The number of thiazole rings is 1. The maximum absolute atomic E-state index is 13.8. The molecule has 1 fully saturated rings. The number of methoxy groups -OCH3 is 2. The first-order valence-corrected chi connectivity index (χ1v) is 14.5. The second-order valence-electron chi connectivity index (χ2n) is 8.85. The Hall–Kier alpha value is -3.54. The molecule has 1 aliphatic heterocycles. The van der Waals surface area contributed by atoms with Crippen molar-refractivity contribution >= 4 is 42.6 Å². The van der Waals surface area contributed by atoms with Crippen LogP contribution in [-0.2, 0) is 16.6 Å². The molecule has 1 amide bonds. The minimum atomic E-state index is -3.60. The van der Waals surface area contributed by atoms with Gasteiger partial charge in [0, 0.05) is 24.8 Å². The van der Waals surface area contributed by atoms with Gasteiger partial charge in [-0.1, -0.05) is 23.8 Å². The van der Waals surface area contributed by atoms with Crippen molar-refractivity contribution in [2.24, 2.45) is 0 Å². The molecule has 3 heterocycles. The minimum Gasteiger partial charge on any atom is -0.495 e. The summed E-state index contributed by atoms with van der Waals surface area (Å²) in [6.07, 6.45) is 4.42.